The summed E-state index contributed by atoms with van der Waals surface area (Å²) >= 11 is 0. The summed E-state index contributed by atoms with van der Waals surface area (Å²) in [7, 11) is 1.90. The number of carbonyl (C=O) groups excluding carboxylic acids is 1. The van der Waals surface area contributed by atoms with Crippen LogP contribution < -0.4 is 5.73 Å². The molecule has 0 saturated heterocycles. The number of carbonyl (C=O) groups is 1. The molecule has 0 radical (unpaired) electrons. The van der Waals surface area contributed by atoms with Crippen LogP contribution in [0, 0.1) is 18.8 Å². The van der Waals surface area contributed by atoms with Crippen molar-refractivity contribution in [1.82, 2.24) is 4.90 Å². The smallest absolute Gasteiger partial charge is 0.255 e. The Kier molecular flexibility index (Phi) is 4.81. The monoisotopic (exact) mass is 270 g/mol. The maximum Gasteiger partial charge on any atom is 0.255 e. The van der Waals surface area contributed by atoms with Gasteiger partial charge in [0, 0.05) is 18.7 Å². The topological polar surface area (TPSA) is 46.3 Å². The molecule has 1 saturated carbocycles. The van der Waals surface area contributed by atoms with Crippen LogP contribution >= 0.6 is 0 Å². The predicted octanol–water partition coefficient (Wildman–Crippen LogP) is 2.32. The van der Waals surface area contributed by atoms with Crippen LogP contribution in [-0.2, 0) is 0 Å². The lowest BCUT2D eigenvalue weighted by Crippen LogP contribution is -2.35. The molecule has 1 fully saturated rings. The molecule has 0 unspecified atom stereocenters. The van der Waals surface area contributed by atoms with Crippen molar-refractivity contribution in [2.75, 3.05) is 13.6 Å². The van der Waals surface area contributed by atoms with E-state index in [1.165, 1.54) is 12.8 Å². The largest absolute Gasteiger partial charge is 0.339 e. The summed E-state index contributed by atoms with van der Waals surface area (Å²) in [5.41, 5.74) is 7.97. The van der Waals surface area contributed by atoms with Gasteiger partial charge in [0.05, 0.1) is 12.1 Å². The molecular weight excluding hydrogens is 248 g/mol. The Balaban J connectivity index is 2.29. The number of hydrogen-bond donors (Lipinski definition) is 1. The van der Waals surface area contributed by atoms with Crippen molar-refractivity contribution >= 4 is 5.91 Å². The van der Waals surface area contributed by atoms with Crippen LogP contribution in [0.15, 0.2) is 18.2 Å². The highest BCUT2D eigenvalue weighted by Gasteiger charge is 2.25. The van der Waals surface area contributed by atoms with Crippen molar-refractivity contribution in [1.29, 1.82) is 0 Å². The van der Waals surface area contributed by atoms with Gasteiger partial charge in [-0.25, -0.2) is 0 Å². The van der Waals surface area contributed by atoms with Crippen molar-refractivity contribution in [2.24, 2.45) is 5.73 Å². The van der Waals surface area contributed by atoms with E-state index in [1.54, 1.807) is 0 Å². The fourth-order valence-corrected chi connectivity index (χ4v) is 2.74. The summed E-state index contributed by atoms with van der Waals surface area (Å²) in [4.78, 5) is 14.6. The second kappa shape index (κ2) is 6.58. The van der Waals surface area contributed by atoms with Gasteiger partial charge in [0.1, 0.15) is 0 Å². The highest BCUT2D eigenvalue weighted by atomic mass is 16.2. The Morgan fingerprint density at radius 3 is 2.75 bits per heavy atom. The van der Waals surface area contributed by atoms with E-state index in [9.17, 15) is 4.79 Å². The average Bonchev–Trinajstić information content (AvgIpc) is 2.98. The first-order chi connectivity index (χ1) is 9.63. The number of nitrogens with two attached hydrogens (primary N) is 1. The van der Waals surface area contributed by atoms with Crippen LogP contribution in [0.1, 0.15) is 47.2 Å². The van der Waals surface area contributed by atoms with E-state index in [1.807, 2.05) is 37.1 Å². The summed E-state index contributed by atoms with van der Waals surface area (Å²) in [5, 5.41) is 0. The maximum absolute atomic E-state index is 12.7. The first-order valence-corrected chi connectivity index (χ1v) is 7.20. The minimum Gasteiger partial charge on any atom is -0.339 e. The quantitative estimate of drug-likeness (QED) is 0.838. The second-order valence-corrected chi connectivity index (χ2v) is 5.41. The first-order valence-electron chi connectivity index (χ1n) is 7.20. The van der Waals surface area contributed by atoms with Crippen molar-refractivity contribution in [3.05, 3.63) is 34.9 Å². The van der Waals surface area contributed by atoms with Crippen LogP contribution in [-0.4, -0.2) is 30.4 Å². The van der Waals surface area contributed by atoms with E-state index in [2.05, 4.69) is 11.8 Å². The molecule has 0 aliphatic heterocycles. The number of benzene rings is 1. The van der Waals surface area contributed by atoms with Gasteiger partial charge in [-0.15, -0.1) is 0 Å². The molecule has 1 aromatic rings. The molecule has 2 N–H and O–H groups in total. The van der Waals surface area contributed by atoms with E-state index >= 15 is 0 Å². The predicted molar refractivity (Wildman–Crippen MR) is 81.5 cm³/mol. The minimum absolute atomic E-state index is 0.0712. The Hall–Kier alpha value is -1.79. The second-order valence-electron chi connectivity index (χ2n) is 5.41. The Labute approximate surface area is 121 Å². The van der Waals surface area contributed by atoms with Crippen molar-refractivity contribution in [2.45, 2.75) is 38.6 Å². The van der Waals surface area contributed by atoms with Crippen molar-refractivity contribution < 1.29 is 4.79 Å². The molecule has 1 aliphatic carbocycles. The first kappa shape index (κ1) is 14.6. The lowest BCUT2D eigenvalue weighted by molar-refractivity contribution is 0.0735. The van der Waals surface area contributed by atoms with E-state index in [-0.39, 0.29) is 5.91 Å². The molecule has 1 aliphatic rings. The molecule has 106 valence electrons. The zero-order valence-corrected chi connectivity index (χ0v) is 12.3. The zero-order chi connectivity index (χ0) is 14.5. The highest BCUT2D eigenvalue weighted by molar-refractivity contribution is 5.97. The van der Waals surface area contributed by atoms with Gasteiger partial charge in [0.15, 0.2) is 0 Å². The molecule has 0 aromatic heterocycles. The molecule has 2 rings (SSSR count). The summed E-state index contributed by atoms with van der Waals surface area (Å²) in [5.74, 6) is 5.91. The Bertz CT molecular complexity index is 548. The van der Waals surface area contributed by atoms with Crippen LogP contribution in [0.4, 0.5) is 0 Å². The molecule has 0 heterocycles. The molecule has 1 amide bonds. The number of rotatable bonds is 2. The fourth-order valence-electron chi connectivity index (χ4n) is 2.74. The summed E-state index contributed by atoms with van der Waals surface area (Å²) < 4.78 is 0. The minimum atomic E-state index is 0.0712. The molecule has 20 heavy (non-hydrogen) atoms. The van der Waals surface area contributed by atoms with E-state index in [0.29, 0.717) is 18.2 Å². The molecule has 1 aromatic carbocycles. The summed E-state index contributed by atoms with van der Waals surface area (Å²) in [6.07, 6.45) is 4.65. The molecular formula is C17H22N2O. The summed E-state index contributed by atoms with van der Waals surface area (Å²) in [6.45, 7) is 2.30. The normalized spacial score (nSPS) is 14.8. The van der Waals surface area contributed by atoms with Gasteiger partial charge < -0.3 is 10.6 Å². The van der Waals surface area contributed by atoms with Gasteiger partial charge in [-0.05, 0) is 31.9 Å². The molecule has 0 bridgehead atoms. The third-order valence-electron chi connectivity index (χ3n) is 3.92. The number of nitrogens with zero attached hydrogens (tertiary/aromatic N) is 1. The van der Waals surface area contributed by atoms with Crippen molar-refractivity contribution in [3.63, 3.8) is 0 Å². The Morgan fingerprint density at radius 2 is 2.10 bits per heavy atom. The fraction of sp³-hybridized carbons (Fsp3) is 0.471. The van der Waals surface area contributed by atoms with Crippen LogP contribution in [0.5, 0.6) is 0 Å². The Morgan fingerprint density at radius 1 is 1.40 bits per heavy atom. The van der Waals surface area contributed by atoms with E-state index in [4.69, 9.17) is 5.73 Å². The molecule has 0 spiro atoms. The van der Waals surface area contributed by atoms with Gasteiger partial charge in [0.2, 0.25) is 0 Å². The number of hydrogen-bond acceptors (Lipinski definition) is 2. The van der Waals surface area contributed by atoms with Crippen molar-refractivity contribution in [3.8, 4) is 11.8 Å². The van der Waals surface area contributed by atoms with E-state index < -0.39 is 0 Å². The zero-order valence-electron chi connectivity index (χ0n) is 12.3. The summed E-state index contributed by atoms with van der Waals surface area (Å²) in [6, 6.07) is 6.19. The molecule has 0 atom stereocenters. The lowest BCUT2D eigenvalue weighted by atomic mass is 10.0. The molecule has 3 heteroatoms. The van der Waals surface area contributed by atoms with Crippen LogP contribution in [0.25, 0.3) is 0 Å². The van der Waals surface area contributed by atoms with Crippen LogP contribution in [0.2, 0.25) is 0 Å². The van der Waals surface area contributed by atoms with Gasteiger partial charge >= 0.3 is 0 Å². The SMILES string of the molecule is Cc1ccc(C#CCN)c(C(=O)N(C)C2CCCC2)c1. The third-order valence-corrected chi connectivity index (χ3v) is 3.92. The number of aryl methyl sites for hydroxylation is 1. The van der Waals surface area contributed by atoms with Crippen LogP contribution in [0.3, 0.4) is 0 Å². The van der Waals surface area contributed by atoms with Gasteiger partial charge in [-0.1, -0.05) is 36.3 Å². The van der Waals surface area contributed by atoms with E-state index in [0.717, 1.165) is 24.0 Å². The maximum atomic E-state index is 12.7. The van der Waals surface area contributed by atoms with Gasteiger partial charge in [-0.2, -0.15) is 0 Å². The average molecular weight is 270 g/mol. The standard InChI is InChI=1S/C17H22N2O/c1-13-9-10-14(6-5-11-18)16(12-13)17(20)19(2)15-7-3-4-8-15/h9-10,12,15H,3-4,7-8,11,18H2,1-2H3. The lowest BCUT2D eigenvalue weighted by Gasteiger charge is -2.25. The van der Waals surface area contributed by atoms with Gasteiger partial charge in [-0.3, -0.25) is 4.79 Å². The third kappa shape index (κ3) is 3.20. The van der Waals surface area contributed by atoms with Gasteiger partial charge in [0.25, 0.3) is 5.91 Å². The number of amides is 1. The highest BCUT2D eigenvalue weighted by Crippen LogP contribution is 2.24. The molecule has 3 nitrogen and oxygen atoms in total.